The number of aromatic nitrogens is 2. The Morgan fingerprint density at radius 1 is 0.650 bits per heavy atom. The Labute approximate surface area is 470 Å². The third-order valence-electron chi connectivity index (χ3n) is 12.4. The van der Waals surface area contributed by atoms with Gasteiger partial charge < -0.3 is 91.8 Å². The zero-order chi connectivity index (χ0) is 60.6. The largest absolute Gasteiger partial charge is 0.481 e. The van der Waals surface area contributed by atoms with E-state index in [9.17, 15) is 57.8 Å². The van der Waals surface area contributed by atoms with Crippen LogP contribution in [0.4, 0.5) is 0 Å². The fourth-order valence-electron chi connectivity index (χ4n) is 7.68. The minimum absolute atomic E-state index is 0.0260. The molecule has 450 valence electrons. The van der Waals surface area contributed by atoms with Crippen LogP contribution in [0.1, 0.15) is 111 Å². The summed E-state index contributed by atoms with van der Waals surface area (Å²) in [5.41, 5.74) is 33.9. The molecule has 1 rings (SSSR count). The molecule has 0 aliphatic heterocycles. The van der Waals surface area contributed by atoms with E-state index in [1.807, 2.05) is 20.8 Å². The number of imidazole rings is 1. The lowest BCUT2D eigenvalue weighted by atomic mass is 9.98. The molecule has 1 heterocycles. The molecule has 1 aromatic heterocycles. The van der Waals surface area contributed by atoms with E-state index in [0.717, 1.165) is 0 Å². The summed E-state index contributed by atoms with van der Waals surface area (Å²) in [5.74, 6) is -10.5. The van der Waals surface area contributed by atoms with Crippen LogP contribution in [-0.2, 0) is 59.2 Å². The second kappa shape index (κ2) is 37.3. The number of carbonyl (C=O) groups is 11. The summed E-state index contributed by atoms with van der Waals surface area (Å²) in [7, 11) is 0. The quantitative estimate of drug-likeness (QED) is 0.0128. The molecule has 0 aliphatic carbocycles. The van der Waals surface area contributed by atoms with Gasteiger partial charge in [-0.05, 0) is 74.7 Å². The standard InChI is InChI=1S/C49H86N18O12S/c1-8-27(6)38(51)46(78)64-31(12-10-17-58-49(54)55)41(73)65-34(20-28-22-56-24-59-28)44(76)62-32(13-14-37(70)71)42(74)66-35(21-36(50)69)45(77)61-30(11-9-16-57-48(52)53)40(72)63-33(15-18-80-7)43(75)67-39(26(4)5)47(79)60-29(23-68)19-25(2)3/h22-27,29-35,38-39H,8-21,51H2,1-7H3,(H2,50,69)(H,56,59)(H,60,79)(H,61,77)(H,62,76)(H,63,72)(H,64,78)(H,65,73)(H,66,74)(H,67,75)(H,70,71)(H4,52,53,57)(H4,54,55,58)/t27-,29-,30-,31-,32-,33-,34-,35-,38-,39-/m0/s1. The van der Waals surface area contributed by atoms with Crippen molar-refractivity contribution in [1.29, 1.82) is 0 Å². The summed E-state index contributed by atoms with van der Waals surface area (Å²) in [4.78, 5) is 162. The molecule has 0 aromatic carbocycles. The van der Waals surface area contributed by atoms with Crippen LogP contribution >= 0.6 is 11.8 Å². The number of nitrogens with zero attached hydrogens (tertiary/aromatic N) is 3. The molecule has 0 bridgehead atoms. The summed E-state index contributed by atoms with van der Waals surface area (Å²) in [6, 6.07) is -12.2. The predicted molar refractivity (Wildman–Crippen MR) is 299 cm³/mol. The van der Waals surface area contributed by atoms with Crippen molar-refractivity contribution in [3.05, 3.63) is 18.2 Å². The maximum Gasteiger partial charge on any atom is 0.303 e. The molecule has 9 amide bonds. The van der Waals surface area contributed by atoms with E-state index < -0.39 is 139 Å². The normalized spacial score (nSPS) is 14.8. The fraction of sp³-hybridized carbons (Fsp3) is 0.673. The third kappa shape index (κ3) is 27.8. The van der Waals surface area contributed by atoms with E-state index >= 15 is 0 Å². The molecule has 10 atom stereocenters. The number of hydrogen-bond donors (Lipinski definition) is 16. The number of nitrogens with one attached hydrogen (secondary N) is 9. The van der Waals surface area contributed by atoms with Crippen molar-refractivity contribution >= 4 is 89.1 Å². The molecule has 0 fully saturated rings. The van der Waals surface area contributed by atoms with Gasteiger partial charge in [-0.1, -0.05) is 48.0 Å². The Balaban J connectivity index is 3.65. The van der Waals surface area contributed by atoms with Crippen molar-refractivity contribution in [2.24, 2.45) is 62.1 Å². The maximum atomic E-state index is 14.3. The van der Waals surface area contributed by atoms with E-state index in [1.165, 1.54) is 24.3 Å². The first-order valence-electron chi connectivity index (χ1n) is 26.3. The van der Waals surface area contributed by atoms with Gasteiger partial charge in [0.15, 0.2) is 11.9 Å². The van der Waals surface area contributed by atoms with Crippen LogP contribution in [0.3, 0.4) is 0 Å². The number of guanidine groups is 2. The van der Waals surface area contributed by atoms with Crippen LogP contribution in [-0.4, -0.2) is 172 Å². The molecule has 31 heteroatoms. The Morgan fingerprint density at radius 2 is 1.11 bits per heavy atom. The highest BCUT2D eigenvalue weighted by Gasteiger charge is 2.36. The number of hydrogen-bond acceptors (Lipinski definition) is 16. The van der Waals surface area contributed by atoms with Crippen LogP contribution in [0.5, 0.6) is 0 Å². The zero-order valence-electron chi connectivity index (χ0n) is 46.7. The number of thioether (sulfide) groups is 1. The number of primary amides is 1. The summed E-state index contributed by atoms with van der Waals surface area (Å²) in [6.07, 6.45) is 3.53. The van der Waals surface area contributed by atoms with E-state index in [0.29, 0.717) is 30.6 Å². The van der Waals surface area contributed by atoms with Gasteiger partial charge in [0.1, 0.15) is 48.6 Å². The van der Waals surface area contributed by atoms with Gasteiger partial charge in [-0.2, -0.15) is 11.8 Å². The van der Waals surface area contributed by atoms with Gasteiger partial charge in [0.05, 0.1) is 24.8 Å². The monoisotopic (exact) mass is 1150 g/mol. The number of H-pyrrole nitrogens is 1. The van der Waals surface area contributed by atoms with E-state index in [-0.39, 0.29) is 75.4 Å². The number of carbonyl (C=O) groups excluding carboxylic acids is 10. The molecule has 0 spiro atoms. The number of nitrogens with two attached hydrogens (primary N) is 6. The number of carboxylic acid groups (broad SMARTS) is 1. The van der Waals surface area contributed by atoms with Crippen molar-refractivity contribution in [2.75, 3.05) is 25.1 Å². The van der Waals surface area contributed by atoms with Crippen molar-refractivity contribution < 1.29 is 57.8 Å². The number of aldehydes is 1. The number of aromatic amines is 1. The number of rotatable bonds is 40. The van der Waals surface area contributed by atoms with Gasteiger partial charge >= 0.3 is 5.97 Å². The Bertz CT molecular complexity index is 2260. The van der Waals surface area contributed by atoms with Crippen molar-refractivity contribution in [3.8, 4) is 0 Å². The minimum atomic E-state index is -1.87. The molecule has 0 saturated carbocycles. The lowest BCUT2D eigenvalue weighted by molar-refractivity contribution is -0.139. The summed E-state index contributed by atoms with van der Waals surface area (Å²) in [5, 5.41) is 30.1. The molecule has 80 heavy (non-hydrogen) atoms. The van der Waals surface area contributed by atoms with Gasteiger partial charge in [-0.15, -0.1) is 0 Å². The average molecular weight is 1150 g/mol. The first-order valence-corrected chi connectivity index (χ1v) is 27.7. The number of aliphatic carboxylic acids is 1. The van der Waals surface area contributed by atoms with Gasteiger partial charge in [-0.3, -0.25) is 57.9 Å². The van der Waals surface area contributed by atoms with Gasteiger partial charge in [0.25, 0.3) is 0 Å². The first kappa shape index (κ1) is 70.4. The fourth-order valence-corrected chi connectivity index (χ4v) is 8.15. The van der Waals surface area contributed by atoms with Crippen LogP contribution in [0.25, 0.3) is 0 Å². The summed E-state index contributed by atoms with van der Waals surface area (Å²) < 4.78 is 0. The highest BCUT2D eigenvalue weighted by atomic mass is 32.2. The average Bonchev–Trinajstić information content (AvgIpc) is 3.91. The lowest BCUT2D eigenvalue weighted by Crippen LogP contribution is -2.61. The van der Waals surface area contributed by atoms with Crippen molar-refractivity contribution in [2.45, 2.75) is 167 Å². The van der Waals surface area contributed by atoms with Crippen molar-refractivity contribution in [1.82, 2.24) is 52.5 Å². The molecule has 0 saturated heterocycles. The van der Waals surface area contributed by atoms with Crippen LogP contribution in [0, 0.1) is 17.8 Å². The lowest BCUT2D eigenvalue weighted by Gasteiger charge is -2.28. The molecule has 30 nitrogen and oxygen atoms in total. The zero-order valence-corrected chi connectivity index (χ0v) is 47.5. The topological polar surface area (TPSA) is 514 Å². The third-order valence-corrected chi connectivity index (χ3v) is 13.0. The van der Waals surface area contributed by atoms with Crippen LogP contribution in [0.15, 0.2) is 22.5 Å². The summed E-state index contributed by atoms with van der Waals surface area (Å²) >= 11 is 1.35. The van der Waals surface area contributed by atoms with Gasteiger partial charge in [0, 0.05) is 37.8 Å². The highest BCUT2D eigenvalue weighted by molar-refractivity contribution is 7.98. The minimum Gasteiger partial charge on any atom is -0.481 e. The molecular formula is C49H86N18O12S. The predicted octanol–water partition coefficient (Wildman–Crippen LogP) is -4.29. The van der Waals surface area contributed by atoms with E-state index in [2.05, 4.69) is 62.5 Å². The number of aliphatic imine (C=N–C) groups is 2. The number of amides is 9. The molecule has 0 aliphatic rings. The number of carboxylic acids is 1. The maximum absolute atomic E-state index is 14.3. The molecule has 0 unspecified atom stereocenters. The second-order valence-electron chi connectivity index (χ2n) is 20.0. The first-order chi connectivity index (χ1) is 37.6. The SMILES string of the molecule is CC[C@H](C)[C@H](N)C(=O)N[C@@H](CCCN=C(N)N)C(=O)N[C@@H](Cc1cnc[nH]1)C(=O)N[C@@H](CCC(=O)O)C(=O)N[C@@H](CC(N)=O)C(=O)N[C@@H](CCCN=C(N)N)C(=O)N[C@@H](CCSC)C(=O)N[C@H](C(=O)N[C@H](C=O)CC(C)C)C(C)C. The Kier molecular flexibility index (Phi) is 32.9. The smallest absolute Gasteiger partial charge is 0.303 e. The van der Waals surface area contributed by atoms with Gasteiger partial charge in [0.2, 0.25) is 53.2 Å². The molecular weight excluding hydrogens is 1060 g/mol. The Morgan fingerprint density at radius 3 is 1.55 bits per heavy atom. The highest BCUT2D eigenvalue weighted by Crippen LogP contribution is 2.12. The van der Waals surface area contributed by atoms with Crippen molar-refractivity contribution in [3.63, 3.8) is 0 Å². The van der Waals surface area contributed by atoms with Crippen LogP contribution in [0.2, 0.25) is 0 Å². The molecule has 22 N–H and O–H groups in total. The second-order valence-corrected chi connectivity index (χ2v) is 20.9. The van der Waals surface area contributed by atoms with Crippen LogP contribution < -0.4 is 76.9 Å². The van der Waals surface area contributed by atoms with Gasteiger partial charge in [-0.25, -0.2) is 4.98 Å². The summed E-state index contributed by atoms with van der Waals surface area (Å²) in [6.45, 7) is 10.7. The van der Waals surface area contributed by atoms with E-state index in [1.54, 1.807) is 27.0 Å². The van der Waals surface area contributed by atoms with E-state index in [4.69, 9.17) is 34.4 Å². The molecule has 0 radical (unpaired) electrons. The molecule has 1 aromatic rings. The Hall–Kier alpha value is -7.57.